The van der Waals surface area contributed by atoms with Crippen LogP contribution in [0.5, 0.6) is 0 Å². The van der Waals surface area contributed by atoms with E-state index in [-0.39, 0.29) is 0 Å². The smallest absolute Gasteiger partial charge is 0.227 e. The van der Waals surface area contributed by atoms with E-state index in [0.717, 1.165) is 16.2 Å². The van der Waals surface area contributed by atoms with E-state index < -0.39 is 0 Å². The minimum Gasteiger partial charge on any atom is -0.446 e. The topological polar surface area (TPSA) is 26.0 Å². The number of hydrogen-bond donors (Lipinski definition) is 0. The number of halogens is 2. The first kappa shape index (κ1) is 9.01. The second-order valence-corrected chi connectivity index (χ2v) is 4.03. The normalized spacial score (nSPS) is 11.3. The molecule has 0 atom stereocenters. The second-order valence-electron chi connectivity index (χ2n) is 3.23. The molecule has 0 amide bonds. The van der Waals surface area contributed by atoms with Crippen LogP contribution in [0, 0.1) is 0 Å². The van der Waals surface area contributed by atoms with Gasteiger partial charge in [-0.3, -0.25) is 0 Å². The number of fused-ring (bicyclic) bond motifs is 3. The highest BCUT2D eigenvalue weighted by Crippen LogP contribution is 2.31. The first-order chi connectivity index (χ1) is 7.25. The number of nitrogens with zero attached hydrogens (tertiary/aromatic N) is 1. The maximum Gasteiger partial charge on any atom is 0.227 e. The Bertz CT molecular complexity index is 660. The Kier molecular flexibility index (Phi) is 1.87. The number of hydrogen-bond acceptors (Lipinski definition) is 2. The van der Waals surface area contributed by atoms with Crippen molar-refractivity contribution in [3.05, 3.63) is 40.7 Å². The van der Waals surface area contributed by atoms with Crippen LogP contribution in [0.25, 0.3) is 21.9 Å². The number of benzene rings is 1. The summed E-state index contributed by atoms with van der Waals surface area (Å²) in [6, 6.07) is 7.42. The molecule has 0 unspecified atom stereocenters. The van der Waals surface area contributed by atoms with Crippen molar-refractivity contribution in [3.8, 4) is 0 Å². The first-order valence-electron chi connectivity index (χ1n) is 4.38. The highest BCUT2D eigenvalue weighted by Gasteiger charge is 2.08. The third-order valence-corrected chi connectivity index (χ3v) is 2.86. The van der Waals surface area contributed by atoms with Crippen molar-refractivity contribution in [2.75, 3.05) is 0 Å². The van der Waals surface area contributed by atoms with Crippen molar-refractivity contribution < 1.29 is 4.42 Å². The second kappa shape index (κ2) is 3.12. The average Bonchev–Trinajstić information content (AvgIpc) is 2.66. The minimum atomic E-state index is 0.412. The van der Waals surface area contributed by atoms with Crippen LogP contribution in [0.4, 0.5) is 0 Å². The van der Waals surface area contributed by atoms with Gasteiger partial charge in [0.25, 0.3) is 0 Å². The Balaban J connectivity index is 2.61. The molecule has 0 fully saturated rings. The van der Waals surface area contributed by atoms with Crippen LogP contribution in [-0.4, -0.2) is 4.98 Å². The van der Waals surface area contributed by atoms with Gasteiger partial charge in [0.15, 0.2) is 0 Å². The third kappa shape index (κ3) is 1.29. The molecule has 3 aromatic rings. The van der Waals surface area contributed by atoms with Crippen molar-refractivity contribution in [1.82, 2.24) is 4.98 Å². The molecule has 0 aliphatic rings. The summed E-state index contributed by atoms with van der Waals surface area (Å²) in [5.74, 6) is 0. The Morgan fingerprint density at radius 2 is 1.87 bits per heavy atom. The highest BCUT2D eigenvalue weighted by molar-refractivity contribution is 6.37. The Morgan fingerprint density at radius 1 is 1.00 bits per heavy atom. The van der Waals surface area contributed by atoms with E-state index in [2.05, 4.69) is 4.98 Å². The molecule has 4 heteroatoms. The zero-order chi connectivity index (χ0) is 10.4. The molecule has 0 radical (unpaired) electrons. The standard InChI is InChI=1S/C11H5Cl2NO/c12-6-1-2-7-8-3-4-15-11(8)14-10(13)9(7)5-6/h1-5H. The molecule has 74 valence electrons. The van der Waals surface area contributed by atoms with E-state index in [1.807, 2.05) is 18.2 Å². The van der Waals surface area contributed by atoms with Gasteiger partial charge in [-0.1, -0.05) is 29.3 Å². The molecule has 0 saturated carbocycles. The van der Waals surface area contributed by atoms with E-state index in [1.54, 1.807) is 12.3 Å². The fourth-order valence-electron chi connectivity index (χ4n) is 1.66. The summed E-state index contributed by atoms with van der Waals surface area (Å²) >= 11 is 11.9. The van der Waals surface area contributed by atoms with Crippen molar-refractivity contribution in [2.24, 2.45) is 0 Å². The molecule has 0 N–H and O–H groups in total. The molecule has 15 heavy (non-hydrogen) atoms. The van der Waals surface area contributed by atoms with E-state index >= 15 is 0 Å². The summed E-state index contributed by atoms with van der Waals surface area (Å²) in [7, 11) is 0. The van der Waals surface area contributed by atoms with Crippen LogP contribution in [0.3, 0.4) is 0 Å². The number of pyridine rings is 1. The Morgan fingerprint density at radius 3 is 2.73 bits per heavy atom. The molecule has 0 aliphatic heterocycles. The quantitative estimate of drug-likeness (QED) is 0.546. The lowest BCUT2D eigenvalue weighted by Crippen LogP contribution is -1.81. The van der Waals surface area contributed by atoms with Crippen LogP contribution < -0.4 is 0 Å². The molecular formula is C11H5Cl2NO. The molecule has 2 nitrogen and oxygen atoms in total. The van der Waals surface area contributed by atoms with Crippen molar-refractivity contribution in [1.29, 1.82) is 0 Å². The molecule has 0 spiro atoms. The number of furan rings is 1. The lowest BCUT2D eigenvalue weighted by atomic mass is 10.1. The van der Waals surface area contributed by atoms with E-state index in [1.165, 1.54) is 0 Å². The average molecular weight is 238 g/mol. The van der Waals surface area contributed by atoms with Crippen molar-refractivity contribution in [3.63, 3.8) is 0 Å². The van der Waals surface area contributed by atoms with Gasteiger partial charge in [0.05, 0.1) is 6.26 Å². The zero-order valence-electron chi connectivity index (χ0n) is 7.50. The van der Waals surface area contributed by atoms with Gasteiger partial charge >= 0.3 is 0 Å². The summed E-state index contributed by atoms with van der Waals surface area (Å²) in [6.45, 7) is 0. The van der Waals surface area contributed by atoms with Gasteiger partial charge in [-0.05, 0) is 23.6 Å². The maximum absolute atomic E-state index is 6.04. The molecule has 2 aromatic heterocycles. The largest absolute Gasteiger partial charge is 0.446 e. The van der Waals surface area contributed by atoms with Gasteiger partial charge in [0.1, 0.15) is 5.15 Å². The van der Waals surface area contributed by atoms with Gasteiger partial charge in [-0.15, -0.1) is 0 Å². The summed E-state index contributed by atoms with van der Waals surface area (Å²) < 4.78 is 5.21. The summed E-state index contributed by atoms with van der Waals surface area (Å²) in [5.41, 5.74) is 0.551. The predicted molar refractivity (Wildman–Crippen MR) is 61.5 cm³/mol. The highest BCUT2D eigenvalue weighted by atomic mass is 35.5. The summed E-state index contributed by atoms with van der Waals surface area (Å²) in [5, 5.41) is 3.86. The van der Waals surface area contributed by atoms with E-state index in [9.17, 15) is 0 Å². The molecule has 3 rings (SSSR count). The fraction of sp³-hybridized carbons (Fsp3) is 0. The van der Waals surface area contributed by atoms with Gasteiger partial charge in [0, 0.05) is 15.8 Å². The van der Waals surface area contributed by atoms with Crippen LogP contribution >= 0.6 is 23.2 Å². The Hall–Kier alpha value is -1.25. The monoisotopic (exact) mass is 237 g/mol. The molecule has 0 aliphatic carbocycles. The molecule has 2 heterocycles. The van der Waals surface area contributed by atoms with Gasteiger partial charge < -0.3 is 4.42 Å². The molecule has 0 bridgehead atoms. The fourth-order valence-corrected chi connectivity index (χ4v) is 2.07. The summed E-state index contributed by atoms with van der Waals surface area (Å²) in [6.07, 6.45) is 1.60. The lowest BCUT2D eigenvalue weighted by molar-refractivity contribution is 0.603. The summed E-state index contributed by atoms with van der Waals surface area (Å²) in [4.78, 5) is 4.15. The predicted octanol–water partition coefficient (Wildman–Crippen LogP) is 4.29. The van der Waals surface area contributed by atoms with Crippen LogP contribution in [0.1, 0.15) is 0 Å². The first-order valence-corrected chi connectivity index (χ1v) is 5.13. The van der Waals surface area contributed by atoms with Crippen LogP contribution in [-0.2, 0) is 0 Å². The SMILES string of the molecule is Clc1ccc2c(c1)c(Cl)nc1occc12. The van der Waals surface area contributed by atoms with Crippen LogP contribution in [0.2, 0.25) is 10.2 Å². The number of aromatic nitrogens is 1. The van der Waals surface area contributed by atoms with E-state index in [4.69, 9.17) is 27.6 Å². The maximum atomic E-state index is 6.04. The van der Waals surface area contributed by atoms with Crippen molar-refractivity contribution >= 4 is 45.1 Å². The zero-order valence-corrected chi connectivity index (χ0v) is 9.01. The molecule has 1 aromatic carbocycles. The molecular weight excluding hydrogens is 233 g/mol. The van der Waals surface area contributed by atoms with Gasteiger partial charge in [-0.25, -0.2) is 4.98 Å². The van der Waals surface area contributed by atoms with Crippen molar-refractivity contribution in [2.45, 2.75) is 0 Å². The van der Waals surface area contributed by atoms with E-state index in [0.29, 0.717) is 15.9 Å². The molecule has 0 saturated heterocycles. The Labute approximate surface area is 95.4 Å². The third-order valence-electron chi connectivity index (χ3n) is 2.34. The van der Waals surface area contributed by atoms with Gasteiger partial charge in [0.2, 0.25) is 5.71 Å². The lowest BCUT2D eigenvalue weighted by Gasteiger charge is -2.01. The van der Waals surface area contributed by atoms with Crippen LogP contribution in [0.15, 0.2) is 34.9 Å². The minimum absolute atomic E-state index is 0.412. The number of rotatable bonds is 0. The van der Waals surface area contributed by atoms with Gasteiger partial charge in [-0.2, -0.15) is 0 Å².